The SMILES string of the molecule is CC[N+]1(C)CC(CC#N)CNC1C(C(=O)NC1CNCCC1OCCCO)C(N)N. The van der Waals surface area contributed by atoms with Crippen LogP contribution in [0.3, 0.4) is 0 Å². The maximum Gasteiger partial charge on any atom is 0.233 e. The molecular weight excluding hydrogens is 386 g/mol. The fraction of sp³-hybridized carbons (Fsp3) is 0.900. The van der Waals surface area contributed by atoms with Gasteiger partial charge in [0, 0.05) is 38.6 Å². The molecule has 172 valence electrons. The predicted octanol–water partition coefficient (Wildman–Crippen LogP) is -1.98. The maximum atomic E-state index is 13.3. The lowest BCUT2D eigenvalue weighted by molar-refractivity contribution is -0.945. The number of hydrogen-bond acceptors (Lipinski definition) is 8. The van der Waals surface area contributed by atoms with E-state index in [2.05, 4.69) is 36.0 Å². The molecule has 30 heavy (non-hydrogen) atoms. The number of ether oxygens (including phenoxy) is 1. The summed E-state index contributed by atoms with van der Waals surface area (Å²) in [5.41, 5.74) is 12.2. The van der Waals surface area contributed by atoms with Crippen molar-refractivity contribution in [2.75, 3.05) is 53.0 Å². The number of aliphatic hydroxyl groups is 1. The molecule has 2 heterocycles. The number of nitriles is 1. The summed E-state index contributed by atoms with van der Waals surface area (Å²) in [7, 11) is 2.09. The van der Waals surface area contributed by atoms with Crippen molar-refractivity contribution < 1.29 is 19.1 Å². The van der Waals surface area contributed by atoms with Crippen LogP contribution < -0.4 is 27.4 Å². The molecule has 0 radical (unpaired) electrons. The Morgan fingerprint density at radius 2 is 2.20 bits per heavy atom. The topological polar surface area (TPSA) is 158 Å². The van der Waals surface area contributed by atoms with Crippen molar-refractivity contribution in [2.24, 2.45) is 23.3 Å². The zero-order chi connectivity index (χ0) is 22.1. The standard InChI is InChI=1S/C20H39N7O3/c1-3-27(2)13-14(5-7-21)11-25-19(27)17(18(22)23)20(29)26-15-12-24-8-6-16(15)30-10-4-9-28/h14-19,24-25,28H,3-6,8-13,22-23H2,1-2H3/p+1. The van der Waals surface area contributed by atoms with Gasteiger partial charge in [0.2, 0.25) is 5.91 Å². The number of hydrogen-bond donors (Lipinski definition) is 6. The Labute approximate surface area is 179 Å². The van der Waals surface area contributed by atoms with Crippen LogP contribution in [-0.4, -0.2) is 93.0 Å². The minimum Gasteiger partial charge on any atom is -0.396 e. The highest BCUT2D eigenvalue weighted by atomic mass is 16.5. The highest BCUT2D eigenvalue weighted by Gasteiger charge is 2.48. The molecule has 2 saturated heterocycles. The second-order valence-corrected chi connectivity index (χ2v) is 8.76. The molecule has 10 heteroatoms. The van der Waals surface area contributed by atoms with Crippen LogP contribution in [0, 0.1) is 23.2 Å². The maximum absolute atomic E-state index is 13.3. The molecule has 6 atom stereocenters. The van der Waals surface area contributed by atoms with Gasteiger partial charge in [0.05, 0.1) is 44.5 Å². The molecule has 0 aliphatic carbocycles. The third-order valence-corrected chi connectivity index (χ3v) is 6.50. The molecule has 2 fully saturated rings. The second kappa shape index (κ2) is 11.9. The van der Waals surface area contributed by atoms with Gasteiger partial charge in [0.25, 0.3) is 0 Å². The molecule has 6 unspecified atom stereocenters. The first kappa shape index (κ1) is 24.9. The summed E-state index contributed by atoms with van der Waals surface area (Å²) in [6.07, 6.45) is 0.695. The Balaban J connectivity index is 2.10. The minimum atomic E-state index is -0.815. The van der Waals surface area contributed by atoms with Crippen molar-refractivity contribution in [3.63, 3.8) is 0 Å². The molecule has 2 aliphatic heterocycles. The molecule has 1 amide bonds. The fourth-order valence-electron chi connectivity index (χ4n) is 4.67. The number of carbonyl (C=O) groups is 1. The zero-order valence-corrected chi connectivity index (χ0v) is 18.3. The highest BCUT2D eigenvalue weighted by Crippen LogP contribution is 2.26. The summed E-state index contributed by atoms with van der Waals surface area (Å²) in [5, 5.41) is 28.0. The molecule has 0 bridgehead atoms. The van der Waals surface area contributed by atoms with Crippen LogP contribution in [0.5, 0.6) is 0 Å². The molecule has 0 spiro atoms. The molecule has 0 aromatic rings. The third-order valence-electron chi connectivity index (χ3n) is 6.50. The van der Waals surface area contributed by atoms with Gasteiger partial charge in [-0.3, -0.25) is 10.1 Å². The largest absolute Gasteiger partial charge is 0.396 e. The lowest BCUT2D eigenvalue weighted by atomic mass is 9.91. The van der Waals surface area contributed by atoms with E-state index in [1.807, 2.05) is 0 Å². The van der Waals surface area contributed by atoms with Crippen molar-refractivity contribution in [3.05, 3.63) is 0 Å². The summed E-state index contributed by atoms with van der Waals surface area (Å²) < 4.78 is 6.49. The second-order valence-electron chi connectivity index (χ2n) is 8.76. The number of nitrogens with one attached hydrogen (secondary N) is 3. The number of nitrogens with two attached hydrogens (primary N) is 2. The first-order valence-corrected chi connectivity index (χ1v) is 11.1. The molecule has 10 nitrogen and oxygen atoms in total. The van der Waals surface area contributed by atoms with E-state index in [9.17, 15) is 4.79 Å². The average molecular weight is 427 g/mol. The number of nitrogens with zero attached hydrogens (tertiary/aromatic N) is 2. The molecule has 2 rings (SSSR count). The van der Waals surface area contributed by atoms with Gasteiger partial charge >= 0.3 is 0 Å². The number of aliphatic hydroxyl groups excluding tert-OH is 1. The fourth-order valence-corrected chi connectivity index (χ4v) is 4.67. The van der Waals surface area contributed by atoms with Crippen LogP contribution in [0.4, 0.5) is 0 Å². The molecule has 0 aromatic heterocycles. The van der Waals surface area contributed by atoms with Crippen LogP contribution in [-0.2, 0) is 9.53 Å². The van der Waals surface area contributed by atoms with Crippen LogP contribution in [0.25, 0.3) is 0 Å². The van der Waals surface area contributed by atoms with E-state index < -0.39 is 12.1 Å². The van der Waals surface area contributed by atoms with Gasteiger partial charge in [-0.2, -0.15) is 5.26 Å². The Hall–Kier alpha value is -1.32. The number of carbonyl (C=O) groups excluding carboxylic acids is 1. The number of piperidine rings is 1. The van der Waals surface area contributed by atoms with Crippen LogP contribution in [0.1, 0.15) is 26.2 Å². The van der Waals surface area contributed by atoms with Gasteiger partial charge in [-0.05, 0) is 26.3 Å². The Morgan fingerprint density at radius 1 is 1.43 bits per heavy atom. The zero-order valence-electron chi connectivity index (χ0n) is 18.3. The van der Waals surface area contributed by atoms with E-state index in [1.54, 1.807) is 0 Å². The first-order chi connectivity index (χ1) is 14.4. The average Bonchev–Trinajstić information content (AvgIpc) is 2.71. The smallest absolute Gasteiger partial charge is 0.233 e. The van der Waals surface area contributed by atoms with Crippen molar-refractivity contribution in [2.45, 2.75) is 50.7 Å². The Bertz CT molecular complexity index is 585. The van der Waals surface area contributed by atoms with E-state index in [4.69, 9.17) is 26.6 Å². The molecule has 0 aromatic carbocycles. The summed E-state index contributed by atoms with van der Waals surface area (Å²) >= 11 is 0. The lowest BCUT2D eigenvalue weighted by Crippen LogP contribution is -2.73. The molecule has 0 saturated carbocycles. The van der Waals surface area contributed by atoms with E-state index in [0.717, 1.165) is 26.1 Å². The summed E-state index contributed by atoms with van der Waals surface area (Å²) in [6.45, 7) is 6.33. The lowest BCUT2D eigenvalue weighted by Gasteiger charge is -2.50. The summed E-state index contributed by atoms with van der Waals surface area (Å²) in [4.78, 5) is 13.3. The summed E-state index contributed by atoms with van der Waals surface area (Å²) in [6, 6.07) is 2.07. The number of quaternary nitrogens is 1. The van der Waals surface area contributed by atoms with Gasteiger partial charge < -0.3 is 36.4 Å². The Kier molecular flexibility index (Phi) is 9.90. The van der Waals surface area contributed by atoms with Gasteiger partial charge in [0.1, 0.15) is 5.92 Å². The van der Waals surface area contributed by atoms with Crippen molar-refractivity contribution in [3.8, 4) is 6.07 Å². The first-order valence-electron chi connectivity index (χ1n) is 11.1. The minimum absolute atomic E-state index is 0.0831. The van der Waals surface area contributed by atoms with Crippen LogP contribution in [0.2, 0.25) is 0 Å². The third kappa shape index (κ3) is 6.34. The monoisotopic (exact) mass is 426 g/mol. The van der Waals surface area contributed by atoms with Crippen molar-refractivity contribution in [1.82, 2.24) is 16.0 Å². The molecule has 8 N–H and O–H groups in total. The van der Waals surface area contributed by atoms with Gasteiger partial charge in [-0.25, -0.2) is 0 Å². The normalized spacial score (nSPS) is 33.1. The number of amides is 1. The van der Waals surface area contributed by atoms with Gasteiger partial charge in [-0.15, -0.1) is 0 Å². The van der Waals surface area contributed by atoms with Crippen molar-refractivity contribution in [1.29, 1.82) is 5.26 Å². The Morgan fingerprint density at radius 3 is 2.83 bits per heavy atom. The van der Waals surface area contributed by atoms with Crippen LogP contribution >= 0.6 is 0 Å². The number of rotatable bonds is 10. The molecular formula is C20H40N7O3+. The summed E-state index contributed by atoms with van der Waals surface area (Å²) in [5.74, 6) is -0.553. The van der Waals surface area contributed by atoms with E-state index in [0.29, 0.717) is 37.0 Å². The van der Waals surface area contributed by atoms with E-state index >= 15 is 0 Å². The van der Waals surface area contributed by atoms with E-state index in [1.165, 1.54) is 0 Å². The van der Waals surface area contributed by atoms with Gasteiger partial charge in [-0.1, -0.05) is 0 Å². The quantitative estimate of drug-likeness (QED) is 0.133. The van der Waals surface area contributed by atoms with Crippen LogP contribution in [0.15, 0.2) is 0 Å². The van der Waals surface area contributed by atoms with Crippen molar-refractivity contribution >= 4 is 5.91 Å². The van der Waals surface area contributed by atoms with Gasteiger partial charge in [0.15, 0.2) is 6.17 Å². The predicted molar refractivity (Wildman–Crippen MR) is 114 cm³/mol. The molecule has 2 aliphatic rings. The highest BCUT2D eigenvalue weighted by molar-refractivity contribution is 5.80. The van der Waals surface area contributed by atoms with E-state index in [-0.39, 0.29) is 36.7 Å².